The Bertz CT molecular complexity index is 799. The quantitative estimate of drug-likeness (QED) is 0.332. The van der Waals surface area contributed by atoms with E-state index in [0.717, 1.165) is 44.6 Å². The van der Waals surface area contributed by atoms with Crippen molar-refractivity contribution in [1.82, 2.24) is 25.3 Å². The molecule has 2 heterocycles. The molecule has 0 saturated carbocycles. The number of likely N-dealkylation sites (tertiary alicyclic amines) is 1. The first kappa shape index (κ1) is 24.2. The molecule has 164 valence electrons. The molecule has 1 aromatic heterocycles. The van der Waals surface area contributed by atoms with Crippen molar-refractivity contribution in [3.63, 3.8) is 0 Å². The molecule has 2 aromatic rings. The fraction of sp³-hybridized carbons (Fsp3) is 0.500. The van der Waals surface area contributed by atoms with Crippen LogP contribution in [-0.4, -0.2) is 52.7 Å². The predicted octanol–water partition coefficient (Wildman–Crippen LogP) is 2.57. The lowest BCUT2D eigenvalue weighted by Gasteiger charge is -2.32. The zero-order valence-electron chi connectivity index (χ0n) is 17.9. The van der Waals surface area contributed by atoms with Crippen LogP contribution >= 0.6 is 24.0 Å². The molecule has 1 aliphatic heterocycles. The van der Waals surface area contributed by atoms with E-state index in [1.165, 1.54) is 5.56 Å². The van der Waals surface area contributed by atoms with Gasteiger partial charge < -0.3 is 15.5 Å². The minimum absolute atomic E-state index is 0. The maximum Gasteiger partial charge on any atom is 0.241 e. The lowest BCUT2D eigenvalue weighted by atomic mass is 9.90. The molecular weight excluding hydrogens is 491 g/mol. The van der Waals surface area contributed by atoms with E-state index < -0.39 is 0 Å². The van der Waals surface area contributed by atoms with Gasteiger partial charge in [0.25, 0.3) is 0 Å². The number of rotatable bonds is 7. The summed E-state index contributed by atoms with van der Waals surface area (Å²) in [4.78, 5) is 19.2. The largest absolute Gasteiger partial charge is 0.357 e. The van der Waals surface area contributed by atoms with Crippen molar-refractivity contribution in [2.45, 2.75) is 32.7 Å². The molecule has 1 amide bonds. The first-order valence-electron chi connectivity index (χ1n) is 10.5. The van der Waals surface area contributed by atoms with Crippen LogP contribution in [0.4, 0.5) is 0 Å². The molecule has 0 bridgehead atoms. The Hall–Kier alpha value is -2.10. The van der Waals surface area contributed by atoms with Crippen molar-refractivity contribution in [2.75, 3.05) is 26.2 Å². The summed E-state index contributed by atoms with van der Waals surface area (Å²) in [6.07, 6.45) is 4.99. The summed E-state index contributed by atoms with van der Waals surface area (Å²) < 4.78 is 1.80. The normalized spacial score (nSPS) is 14.9. The molecule has 3 rings (SSSR count). The summed E-state index contributed by atoms with van der Waals surface area (Å²) in [6.45, 7) is 5.21. The summed E-state index contributed by atoms with van der Waals surface area (Å²) in [7, 11) is 1.90. The Balaban J connectivity index is 0.00000320. The highest BCUT2D eigenvalue weighted by molar-refractivity contribution is 14.0. The number of piperidine rings is 1. The van der Waals surface area contributed by atoms with E-state index in [9.17, 15) is 4.79 Å². The van der Waals surface area contributed by atoms with Gasteiger partial charge in [-0.1, -0.05) is 30.3 Å². The van der Waals surface area contributed by atoms with Crippen LogP contribution in [0, 0.1) is 5.92 Å². The van der Waals surface area contributed by atoms with Crippen molar-refractivity contribution in [1.29, 1.82) is 0 Å². The van der Waals surface area contributed by atoms with Gasteiger partial charge in [0.15, 0.2) is 5.96 Å². The van der Waals surface area contributed by atoms with Gasteiger partial charge in [0.2, 0.25) is 5.91 Å². The summed E-state index contributed by atoms with van der Waals surface area (Å²) in [5.74, 6) is 1.45. The molecule has 7 nitrogen and oxygen atoms in total. The van der Waals surface area contributed by atoms with Crippen LogP contribution in [0.2, 0.25) is 0 Å². The van der Waals surface area contributed by atoms with Crippen LogP contribution in [0.3, 0.4) is 0 Å². The molecule has 2 N–H and O–H groups in total. The van der Waals surface area contributed by atoms with E-state index in [4.69, 9.17) is 0 Å². The van der Waals surface area contributed by atoms with Gasteiger partial charge in [0, 0.05) is 32.9 Å². The number of nitrogens with zero attached hydrogens (tertiary/aromatic N) is 4. The Labute approximate surface area is 196 Å². The maximum atomic E-state index is 12.6. The Morgan fingerprint density at radius 3 is 2.53 bits per heavy atom. The van der Waals surface area contributed by atoms with Gasteiger partial charge in [-0.15, -0.1) is 24.0 Å². The molecule has 8 heteroatoms. The Morgan fingerprint density at radius 2 is 1.90 bits per heavy atom. The number of benzene rings is 1. The highest BCUT2D eigenvalue weighted by Crippen LogP contribution is 2.21. The molecule has 0 radical (unpaired) electrons. The molecule has 1 saturated heterocycles. The molecule has 1 aromatic carbocycles. The van der Waals surface area contributed by atoms with E-state index in [2.05, 4.69) is 51.1 Å². The number of nitrogens with one attached hydrogen (secondary N) is 2. The zero-order chi connectivity index (χ0) is 20.5. The highest BCUT2D eigenvalue weighted by atomic mass is 127. The monoisotopic (exact) mass is 524 g/mol. The lowest BCUT2D eigenvalue weighted by Crippen LogP contribution is -2.47. The van der Waals surface area contributed by atoms with E-state index in [0.29, 0.717) is 18.4 Å². The summed E-state index contributed by atoms with van der Waals surface area (Å²) in [6, 6.07) is 12.6. The van der Waals surface area contributed by atoms with E-state index in [-0.39, 0.29) is 36.4 Å². The fourth-order valence-corrected chi connectivity index (χ4v) is 3.66. The number of hydrogen-bond donors (Lipinski definition) is 2. The lowest BCUT2D eigenvalue weighted by molar-refractivity contribution is -0.131. The molecular formula is C22H33IN6O. The van der Waals surface area contributed by atoms with Gasteiger partial charge in [0.05, 0.1) is 18.8 Å². The van der Waals surface area contributed by atoms with E-state index in [1.807, 2.05) is 24.9 Å². The fourth-order valence-electron chi connectivity index (χ4n) is 3.66. The minimum Gasteiger partial charge on any atom is -0.357 e. The van der Waals surface area contributed by atoms with Crippen molar-refractivity contribution in [3.05, 3.63) is 53.9 Å². The molecule has 0 unspecified atom stereocenters. The van der Waals surface area contributed by atoms with Gasteiger partial charge >= 0.3 is 0 Å². The zero-order valence-corrected chi connectivity index (χ0v) is 20.2. The number of aryl methyl sites for hydroxylation is 1. The van der Waals surface area contributed by atoms with E-state index in [1.54, 1.807) is 10.9 Å². The maximum absolute atomic E-state index is 12.6. The number of aliphatic imine (C=N–C) groups is 1. The van der Waals surface area contributed by atoms with Crippen LogP contribution in [0.15, 0.2) is 47.6 Å². The summed E-state index contributed by atoms with van der Waals surface area (Å²) in [5.41, 5.74) is 2.41. The van der Waals surface area contributed by atoms with Crippen LogP contribution in [0.25, 0.3) is 0 Å². The SMILES string of the molecule is CCNC(=NCc1ccnn1C)NCC(=O)N1CCC(Cc2ccccc2)CC1.I. The molecule has 0 atom stereocenters. The number of halogens is 1. The average molecular weight is 524 g/mol. The molecule has 1 fully saturated rings. The molecule has 0 spiro atoms. The molecule has 1 aliphatic rings. The summed E-state index contributed by atoms with van der Waals surface area (Å²) in [5, 5.41) is 10.5. The molecule has 30 heavy (non-hydrogen) atoms. The highest BCUT2D eigenvalue weighted by Gasteiger charge is 2.22. The van der Waals surface area contributed by atoms with Crippen molar-refractivity contribution in [2.24, 2.45) is 18.0 Å². The number of carbonyl (C=O) groups is 1. The standard InChI is InChI=1S/C22H32N6O.HI/c1-3-23-22(24-16-20-9-12-26-27(20)2)25-17-21(29)28-13-10-19(11-14-28)15-18-7-5-4-6-8-18;/h4-9,12,19H,3,10-11,13-17H2,1-2H3,(H2,23,24,25);1H. The second-order valence-corrected chi connectivity index (χ2v) is 7.51. The van der Waals surface area contributed by atoms with E-state index >= 15 is 0 Å². The smallest absolute Gasteiger partial charge is 0.241 e. The average Bonchev–Trinajstić information content (AvgIpc) is 3.16. The van der Waals surface area contributed by atoms with Crippen LogP contribution in [0.5, 0.6) is 0 Å². The van der Waals surface area contributed by atoms with Crippen LogP contribution in [0.1, 0.15) is 31.0 Å². The number of carbonyl (C=O) groups excluding carboxylic acids is 1. The third-order valence-corrected chi connectivity index (χ3v) is 5.41. The number of aromatic nitrogens is 2. The first-order valence-corrected chi connectivity index (χ1v) is 10.5. The van der Waals surface area contributed by atoms with Gasteiger partial charge in [-0.3, -0.25) is 9.48 Å². The third kappa shape index (κ3) is 7.30. The first-order chi connectivity index (χ1) is 14.2. The molecule has 0 aliphatic carbocycles. The number of hydrogen-bond acceptors (Lipinski definition) is 3. The number of amides is 1. The van der Waals surface area contributed by atoms with Crippen molar-refractivity contribution in [3.8, 4) is 0 Å². The predicted molar refractivity (Wildman–Crippen MR) is 131 cm³/mol. The number of guanidine groups is 1. The van der Waals surface area contributed by atoms with Gasteiger partial charge in [0.1, 0.15) is 0 Å². The summed E-state index contributed by atoms with van der Waals surface area (Å²) >= 11 is 0. The Morgan fingerprint density at radius 1 is 1.17 bits per heavy atom. The van der Waals surface area contributed by atoms with Gasteiger partial charge in [-0.25, -0.2) is 4.99 Å². The second kappa shape index (κ2) is 12.6. The van der Waals surface area contributed by atoms with Gasteiger partial charge in [-0.05, 0) is 43.7 Å². The van der Waals surface area contributed by atoms with Crippen LogP contribution < -0.4 is 10.6 Å². The van der Waals surface area contributed by atoms with Crippen molar-refractivity contribution < 1.29 is 4.79 Å². The van der Waals surface area contributed by atoms with Crippen molar-refractivity contribution >= 4 is 35.8 Å². The van der Waals surface area contributed by atoms with Crippen LogP contribution in [-0.2, 0) is 24.8 Å². The van der Waals surface area contributed by atoms with Gasteiger partial charge in [-0.2, -0.15) is 5.10 Å². The minimum atomic E-state index is 0. The Kier molecular flexibility index (Phi) is 10.1. The topological polar surface area (TPSA) is 74.5 Å². The second-order valence-electron chi connectivity index (χ2n) is 7.51. The third-order valence-electron chi connectivity index (χ3n) is 5.41.